The molecule has 0 radical (unpaired) electrons. The molecule has 7 heteroatoms. The molecular formula is C10H15N5O2. The summed E-state index contributed by atoms with van der Waals surface area (Å²) in [7, 11) is 1.78. The van der Waals surface area contributed by atoms with Gasteiger partial charge in [-0.05, 0) is 29.7 Å². The molecule has 1 aromatic rings. The lowest BCUT2D eigenvalue weighted by molar-refractivity contribution is -0.148. The van der Waals surface area contributed by atoms with Crippen molar-refractivity contribution < 1.29 is 9.90 Å². The molecule has 0 amide bonds. The molecule has 0 unspecified atom stereocenters. The summed E-state index contributed by atoms with van der Waals surface area (Å²) in [4.78, 5) is 13.6. The third-order valence-corrected chi connectivity index (χ3v) is 4.19. The summed E-state index contributed by atoms with van der Waals surface area (Å²) in [5.74, 6) is 0.0117. The van der Waals surface area contributed by atoms with Crippen LogP contribution in [0.3, 0.4) is 0 Å². The van der Waals surface area contributed by atoms with Gasteiger partial charge in [-0.3, -0.25) is 4.79 Å². The maximum absolute atomic E-state index is 11.5. The summed E-state index contributed by atoms with van der Waals surface area (Å²) >= 11 is 0. The molecule has 1 saturated heterocycles. The van der Waals surface area contributed by atoms with Gasteiger partial charge in [-0.25, -0.2) is 4.68 Å². The van der Waals surface area contributed by atoms with Crippen LogP contribution >= 0.6 is 0 Å². The summed E-state index contributed by atoms with van der Waals surface area (Å²) in [5.41, 5.74) is -0.577. The zero-order chi connectivity index (χ0) is 12.0. The van der Waals surface area contributed by atoms with E-state index in [1.165, 1.54) is 0 Å². The highest BCUT2D eigenvalue weighted by Crippen LogP contribution is 2.49. The second-order valence-corrected chi connectivity index (χ2v) is 4.92. The number of nitrogens with zero attached hydrogens (tertiary/aromatic N) is 5. The fourth-order valence-corrected chi connectivity index (χ4v) is 3.34. The number of carboxylic acid groups (broad SMARTS) is 1. The summed E-state index contributed by atoms with van der Waals surface area (Å²) in [6.07, 6.45) is 3.35. The minimum atomic E-state index is -0.669. The van der Waals surface area contributed by atoms with Crippen molar-refractivity contribution in [3.8, 4) is 0 Å². The Morgan fingerprint density at radius 3 is 3.00 bits per heavy atom. The molecule has 0 aromatic carbocycles. The predicted molar refractivity (Wildman–Crippen MR) is 58.5 cm³/mol. The number of tetrazole rings is 1. The number of hydrogen-bond acceptors (Lipinski definition) is 5. The van der Waals surface area contributed by atoms with Gasteiger partial charge in [-0.15, -0.1) is 0 Å². The Morgan fingerprint density at radius 1 is 1.53 bits per heavy atom. The quantitative estimate of drug-likeness (QED) is 0.782. The zero-order valence-corrected chi connectivity index (χ0v) is 9.70. The van der Waals surface area contributed by atoms with Crippen molar-refractivity contribution >= 4 is 11.9 Å². The molecule has 1 aliphatic heterocycles. The highest BCUT2D eigenvalue weighted by Gasteiger charge is 2.56. The standard InChI is InChI=1S/C10H15N5O2/c1-14-9(11-12-13-14)15-6-5-10(8(16)17)4-2-3-7(10)15/h7H,2-6H2,1H3,(H,16,17)/t7-,10+/m0/s1. The number of aryl methyl sites for hydroxylation is 1. The van der Waals surface area contributed by atoms with Gasteiger partial charge < -0.3 is 10.0 Å². The van der Waals surface area contributed by atoms with E-state index >= 15 is 0 Å². The van der Waals surface area contributed by atoms with Gasteiger partial charge in [0.15, 0.2) is 0 Å². The van der Waals surface area contributed by atoms with Gasteiger partial charge in [0, 0.05) is 19.6 Å². The van der Waals surface area contributed by atoms with E-state index in [0.29, 0.717) is 12.4 Å². The highest BCUT2D eigenvalue weighted by molar-refractivity contribution is 5.78. The van der Waals surface area contributed by atoms with Crippen LogP contribution in [0.1, 0.15) is 25.7 Å². The molecule has 1 N–H and O–H groups in total. The first-order valence-corrected chi connectivity index (χ1v) is 5.87. The topological polar surface area (TPSA) is 84.1 Å². The average molecular weight is 237 g/mol. The molecule has 0 bridgehead atoms. The van der Waals surface area contributed by atoms with Crippen molar-refractivity contribution in [2.45, 2.75) is 31.7 Å². The van der Waals surface area contributed by atoms with E-state index in [9.17, 15) is 9.90 Å². The zero-order valence-electron chi connectivity index (χ0n) is 9.70. The van der Waals surface area contributed by atoms with Crippen LogP contribution in [-0.2, 0) is 11.8 Å². The Labute approximate surface area is 98.4 Å². The first-order chi connectivity index (χ1) is 8.15. The first-order valence-electron chi connectivity index (χ1n) is 5.87. The van der Waals surface area contributed by atoms with Crippen LogP contribution in [0.15, 0.2) is 0 Å². The van der Waals surface area contributed by atoms with E-state index in [-0.39, 0.29) is 6.04 Å². The number of aliphatic carboxylic acids is 1. The van der Waals surface area contributed by atoms with Crippen LogP contribution < -0.4 is 4.90 Å². The van der Waals surface area contributed by atoms with Gasteiger partial charge >= 0.3 is 5.97 Å². The second kappa shape index (κ2) is 3.41. The first kappa shape index (κ1) is 10.5. The van der Waals surface area contributed by atoms with E-state index in [1.54, 1.807) is 11.7 Å². The van der Waals surface area contributed by atoms with E-state index in [2.05, 4.69) is 20.4 Å². The Balaban J connectivity index is 1.96. The number of carboxylic acids is 1. The molecule has 2 heterocycles. The van der Waals surface area contributed by atoms with Gasteiger partial charge in [-0.1, -0.05) is 11.5 Å². The SMILES string of the molecule is Cn1nnnc1N1CC[C@]2(C(=O)O)CCC[C@H]12. The number of hydrogen-bond donors (Lipinski definition) is 1. The van der Waals surface area contributed by atoms with Crippen molar-refractivity contribution in [3.05, 3.63) is 0 Å². The van der Waals surface area contributed by atoms with Gasteiger partial charge in [0.2, 0.25) is 5.95 Å². The number of anilines is 1. The van der Waals surface area contributed by atoms with Crippen molar-refractivity contribution in [2.75, 3.05) is 11.4 Å². The molecule has 2 aliphatic rings. The lowest BCUT2D eigenvalue weighted by Crippen LogP contribution is -2.41. The van der Waals surface area contributed by atoms with Crippen molar-refractivity contribution in [2.24, 2.45) is 12.5 Å². The lowest BCUT2D eigenvalue weighted by Gasteiger charge is -2.28. The maximum Gasteiger partial charge on any atom is 0.311 e. The molecule has 2 atom stereocenters. The van der Waals surface area contributed by atoms with Gasteiger partial charge in [0.05, 0.1) is 5.41 Å². The van der Waals surface area contributed by atoms with Gasteiger partial charge in [-0.2, -0.15) is 0 Å². The van der Waals surface area contributed by atoms with Crippen LogP contribution in [0.25, 0.3) is 0 Å². The molecule has 17 heavy (non-hydrogen) atoms. The molecule has 7 nitrogen and oxygen atoms in total. The highest BCUT2D eigenvalue weighted by atomic mass is 16.4. The lowest BCUT2D eigenvalue weighted by atomic mass is 9.82. The Bertz CT molecular complexity index is 459. The van der Waals surface area contributed by atoms with Crippen LogP contribution in [0.2, 0.25) is 0 Å². The van der Waals surface area contributed by atoms with Gasteiger partial charge in [0.25, 0.3) is 0 Å². The Kier molecular flexibility index (Phi) is 2.11. The van der Waals surface area contributed by atoms with Crippen LogP contribution in [0, 0.1) is 5.41 Å². The molecular weight excluding hydrogens is 222 g/mol. The van der Waals surface area contributed by atoms with E-state index in [4.69, 9.17) is 0 Å². The number of carbonyl (C=O) groups is 1. The largest absolute Gasteiger partial charge is 0.481 e. The van der Waals surface area contributed by atoms with Crippen LogP contribution in [0.5, 0.6) is 0 Å². The van der Waals surface area contributed by atoms with Crippen LogP contribution in [-0.4, -0.2) is 43.9 Å². The second-order valence-electron chi connectivity index (χ2n) is 4.92. The molecule has 92 valence electrons. The molecule has 2 fully saturated rings. The van der Waals surface area contributed by atoms with E-state index in [1.807, 2.05) is 0 Å². The maximum atomic E-state index is 11.5. The number of aromatic nitrogens is 4. The summed E-state index contributed by atoms with van der Waals surface area (Å²) < 4.78 is 1.61. The summed E-state index contributed by atoms with van der Waals surface area (Å²) in [6.45, 7) is 0.727. The minimum Gasteiger partial charge on any atom is -0.481 e. The number of rotatable bonds is 2. The van der Waals surface area contributed by atoms with E-state index in [0.717, 1.165) is 25.8 Å². The van der Waals surface area contributed by atoms with Crippen molar-refractivity contribution in [1.82, 2.24) is 20.2 Å². The third kappa shape index (κ3) is 1.28. The predicted octanol–water partition coefficient (Wildman–Crippen LogP) is 0.0437. The Hall–Kier alpha value is -1.66. The minimum absolute atomic E-state index is 0.0460. The molecule has 1 saturated carbocycles. The van der Waals surface area contributed by atoms with Crippen molar-refractivity contribution in [3.63, 3.8) is 0 Å². The monoisotopic (exact) mass is 237 g/mol. The van der Waals surface area contributed by atoms with Gasteiger partial charge in [0.1, 0.15) is 0 Å². The molecule has 1 aromatic heterocycles. The third-order valence-electron chi connectivity index (χ3n) is 4.19. The average Bonchev–Trinajstić information content (AvgIpc) is 2.91. The molecule has 1 aliphatic carbocycles. The van der Waals surface area contributed by atoms with Crippen LogP contribution in [0.4, 0.5) is 5.95 Å². The molecule has 0 spiro atoms. The fourth-order valence-electron chi connectivity index (χ4n) is 3.34. The normalized spacial score (nSPS) is 31.8. The fraction of sp³-hybridized carbons (Fsp3) is 0.800. The summed E-state index contributed by atoms with van der Waals surface area (Å²) in [6, 6.07) is 0.0460. The number of fused-ring (bicyclic) bond motifs is 1. The Morgan fingerprint density at radius 2 is 2.35 bits per heavy atom. The summed E-state index contributed by atoms with van der Waals surface area (Å²) in [5, 5.41) is 20.9. The molecule has 3 rings (SSSR count). The van der Waals surface area contributed by atoms with E-state index < -0.39 is 11.4 Å². The van der Waals surface area contributed by atoms with Crippen molar-refractivity contribution in [1.29, 1.82) is 0 Å². The smallest absolute Gasteiger partial charge is 0.311 e.